The summed E-state index contributed by atoms with van der Waals surface area (Å²) in [5, 5.41) is 0. The summed E-state index contributed by atoms with van der Waals surface area (Å²) in [5.74, 6) is 1.85. The highest BCUT2D eigenvalue weighted by molar-refractivity contribution is 5.72. The molecule has 4 heteroatoms. The molecule has 13 heavy (non-hydrogen) atoms. The van der Waals surface area contributed by atoms with Crippen LogP contribution in [-0.4, -0.2) is 15.0 Å². The van der Waals surface area contributed by atoms with Crippen molar-refractivity contribution in [3.05, 3.63) is 18.0 Å². The maximum atomic E-state index is 5.54. The molecule has 0 saturated carbocycles. The van der Waals surface area contributed by atoms with Crippen molar-refractivity contribution in [2.24, 2.45) is 0 Å². The van der Waals surface area contributed by atoms with Crippen molar-refractivity contribution in [3.63, 3.8) is 0 Å². The first-order chi connectivity index (χ1) is 6.16. The van der Waals surface area contributed by atoms with Crippen LogP contribution in [0.25, 0.3) is 11.2 Å². The number of anilines is 1. The topological polar surface area (TPSA) is 67.6 Å². The Morgan fingerprint density at radius 2 is 2.08 bits per heavy atom. The molecule has 3 N–H and O–H groups in total. The van der Waals surface area contributed by atoms with Crippen LogP contribution in [0.3, 0.4) is 0 Å². The molecule has 0 bridgehead atoms. The number of aromatic nitrogens is 3. The van der Waals surface area contributed by atoms with Gasteiger partial charge in [0.2, 0.25) is 0 Å². The normalized spacial score (nSPS) is 11.3. The summed E-state index contributed by atoms with van der Waals surface area (Å²) in [4.78, 5) is 11.6. The minimum absolute atomic E-state index is 0.385. The molecule has 0 aliphatic carbocycles. The zero-order valence-electron chi connectivity index (χ0n) is 7.70. The Hall–Kier alpha value is -1.58. The molecule has 2 aromatic heterocycles. The fourth-order valence-corrected chi connectivity index (χ4v) is 1.20. The number of fused-ring (bicyclic) bond motifs is 1. The molecule has 2 heterocycles. The fourth-order valence-electron chi connectivity index (χ4n) is 1.20. The van der Waals surface area contributed by atoms with Crippen molar-refractivity contribution in [2.75, 3.05) is 5.73 Å². The number of H-pyrrole nitrogens is 1. The van der Waals surface area contributed by atoms with Gasteiger partial charge in [0, 0.05) is 5.92 Å². The Morgan fingerprint density at radius 3 is 2.77 bits per heavy atom. The number of aromatic amines is 1. The number of rotatable bonds is 1. The van der Waals surface area contributed by atoms with E-state index < -0.39 is 0 Å². The molecule has 0 aromatic carbocycles. The van der Waals surface area contributed by atoms with E-state index in [4.69, 9.17) is 5.73 Å². The van der Waals surface area contributed by atoms with Crippen molar-refractivity contribution in [1.29, 1.82) is 0 Å². The Balaban J connectivity index is 2.62. The predicted octanol–water partition coefficient (Wildman–Crippen LogP) is 1.66. The molecule has 0 atom stereocenters. The number of pyridine rings is 1. The van der Waals surface area contributed by atoms with Gasteiger partial charge in [-0.25, -0.2) is 9.97 Å². The van der Waals surface area contributed by atoms with Gasteiger partial charge in [-0.1, -0.05) is 13.8 Å². The standard InChI is InChI=1S/C9H12N4/c1-5(2)8-11-6-3-4-7(10)12-9(6)13-8/h3-5H,1-2H3,(H3,10,11,12,13). The van der Waals surface area contributed by atoms with Crippen molar-refractivity contribution >= 4 is 17.0 Å². The molecule has 0 amide bonds. The number of nitrogen functional groups attached to an aromatic ring is 1. The molecule has 68 valence electrons. The third-order valence-electron chi connectivity index (χ3n) is 1.93. The molecule has 0 aliphatic heterocycles. The molecule has 2 aromatic rings. The first-order valence-electron chi connectivity index (χ1n) is 4.29. The van der Waals surface area contributed by atoms with Gasteiger partial charge >= 0.3 is 0 Å². The van der Waals surface area contributed by atoms with E-state index in [1.807, 2.05) is 6.07 Å². The summed E-state index contributed by atoms with van der Waals surface area (Å²) in [6.45, 7) is 4.17. The van der Waals surface area contributed by atoms with Gasteiger partial charge in [-0.05, 0) is 12.1 Å². The third kappa shape index (κ3) is 1.35. The van der Waals surface area contributed by atoms with Gasteiger partial charge in [-0.15, -0.1) is 0 Å². The summed E-state index contributed by atoms with van der Waals surface area (Å²) in [6, 6.07) is 3.67. The molecular formula is C9H12N4. The van der Waals surface area contributed by atoms with Crippen LogP contribution in [0.15, 0.2) is 12.1 Å². The van der Waals surface area contributed by atoms with Crippen LogP contribution in [0.5, 0.6) is 0 Å². The van der Waals surface area contributed by atoms with Crippen molar-refractivity contribution in [2.45, 2.75) is 19.8 Å². The molecule has 4 nitrogen and oxygen atoms in total. The van der Waals surface area contributed by atoms with Gasteiger partial charge in [0.25, 0.3) is 0 Å². The summed E-state index contributed by atoms with van der Waals surface area (Å²) in [6.07, 6.45) is 0. The quantitative estimate of drug-likeness (QED) is 0.694. The lowest BCUT2D eigenvalue weighted by Crippen LogP contribution is -1.89. The largest absolute Gasteiger partial charge is 0.384 e. The SMILES string of the molecule is CC(C)c1nc2nc(N)ccc2[nH]1. The van der Waals surface area contributed by atoms with E-state index in [1.54, 1.807) is 6.07 Å². The van der Waals surface area contributed by atoms with E-state index >= 15 is 0 Å². The van der Waals surface area contributed by atoms with E-state index in [0.717, 1.165) is 11.3 Å². The minimum atomic E-state index is 0.385. The van der Waals surface area contributed by atoms with Crippen LogP contribution in [0.4, 0.5) is 5.82 Å². The third-order valence-corrected chi connectivity index (χ3v) is 1.93. The number of nitrogens with two attached hydrogens (primary N) is 1. The summed E-state index contributed by atoms with van der Waals surface area (Å²) >= 11 is 0. The van der Waals surface area contributed by atoms with Gasteiger partial charge in [0.1, 0.15) is 11.6 Å². The second-order valence-corrected chi connectivity index (χ2v) is 3.38. The maximum Gasteiger partial charge on any atom is 0.179 e. The molecule has 2 rings (SSSR count). The van der Waals surface area contributed by atoms with E-state index in [2.05, 4.69) is 28.8 Å². The molecule has 0 aliphatic rings. The highest BCUT2D eigenvalue weighted by Crippen LogP contribution is 2.15. The van der Waals surface area contributed by atoms with Crippen molar-refractivity contribution in [1.82, 2.24) is 15.0 Å². The van der Waals surface area contributed by atoms with E-state index in [-0.39, 0.29) is 0 Å². The lowest BCUT2D eigenvalue weighted by Gasteiger charge is -1.95. The van der Waals surface area contributed by atoms with E-state index in [1.165, 1.54) is 0 Å². The van der Waals surface area contributed by atoms with Crippen LogP contribution in [0.1, 0.15) is 25.6 Å². The zero-order chi connectivity index (χ0) is 9.42. The highest BCUT2D eigenvalue weighted by Gasteiger charge is 2.06. The number of hydrogen-bond acceptors (Lipinski definition) is 3. The van der Waals surface area contributed by atoms with E-state index in [9.17, 15) is 0 Å². The van der Waals surface area contributed by atoms with Crippen LogP contribution >= 0.6 is 0 Å². The second kappa shape index (κ2) is 2.73. The first kappa shape index (κ1) is 8.04. The minimum Gasteiger partial charge on any atom is -0.384 e. The Morgan fingerprint density at radius 1 is 1.31 bits per heavy atom. The van der Waals surface area contributed by atoms with Gasteiger partial charge in [0.05, 0.1) is 5.52 Å². The van der Waals surface area contributed by atoms with E-state index in [0.29, 0.717) is 17.4 Å². The van der Waals surface area contributed by atoms with Gasteiger partial charge in [-0.3, -0.25) is 0 Å². The molecule has 0 unspecified atom stereocenters. The van der Waals surface area contributed by atoms with Crippen LogP contribution < -0.4 is 5.73 Å². The average Bonchev–Trinajstić information content (AvgIpc) is 2.46. The lowest BCUT2D eigenvalue weighted by atomic mass is 10.2. The smallest absolute Gasteiger partial charge is 0.179 e. The summed E-state index contributed by atoms with van der Waals surface area (Å²) in [5.41, 5.74) is 7.18. The number of hydrogen-bond donors (Lipinski definition) is 2. The van der Waals surface area contributed by atoms with Gasteiger partial charge in [-0.2, -0.15) is 0 Å². The molecule has 0 spiro atoms. The Kier molecular flexibility index (Phi) is 1.69. The summed E-state index contributed by atoms with van der Waals surface area (Å²) in [7, 11) is 0. The first-order valence-corrected chi connectivity index (χ1v) is 4.29. The fraction of sp³-hybridized carbons (Fsp3) is 0.333. The van der Waals surface area contributed by atoms with Gasteiger partial charge in [0.15, 0.2) is 5.65 Å². The second-order valence-electron chi connectivity index (χ2n) is 3.38. The van der Waals surface area contributed by atoms with Crippen LogP contribution in [-0.2, 0) is 0 Å². The predicted molar refractivity (Wildman–Crippen MR) is 52.4 cm³/mol. The van der Waals surface area contributed by atoms with Crippen molar-refractivity contribution in [3.8, 4) is 0 Å². The maximum absolute atomic E-state index is 5.54. The molecule has 0 fully saturated rings. The van der Waals surface area contributed by atoms with Crippen LogP contribution in [0.2, 0.25) is 0 Å². The molecule has 0 radical (unpaired) electrons. The zero-order valence-corrected chi connectivity index (χ0v) is 7.70. The number of nitrogens with one attached hydrogen (secondary N) is 1. The number of nitrogens with zero attached hydrogens (tertiary/aromatic N) is 2. The summed E-state index contributed by atoms with van der Waals surface area (Å²) < 4.78 is 0. The van der Waals surface area contributed by atoms with Gasteiger partial charge < -0.3 is 10.7 Å². The number of imidazole rings is 1. The average molecular weight is 176 g/mol. The lowest BCUT2D eigenvalue weighted by molar-refractivity contribution is 0.798. The monoisotopic (exact) mass is 176 g/mol. The van der Waals surface area contributed by atoms with Crippen LogP contribution in [0, 0.1) is 0 Å². The molecular weight excluding hydrogens is 164 g/mol. The van der Waals surface area contributed by atoms with Crippen molar-refractivity contribution < 1.29 is 0 Å². The Bertz CT molecular complexity index is 430. The highest BCUT2D eigenvalue weighted by atomic mass is 15.0. The molecule has 0 saturated heterocycles. The Labute approximate surface area is 76.2 Å².